The molecule has 5 heteroatoms. The van der Waals surface area contributed by atoms with Gasteiger partial charge in [-0.15, -0.1) is 0 Å². The van der Waals surface area contributed by atoms with Crippen LogP contribution in [-0.4, -0.2) is 9.78 Å². The van der Waals surface area contributed by atoms with E-state index in [4.69, 9.17) is 5.73 Å². The number of rotatable bonds is 3. The average molecular weight is 265 g/mol. The average Bonchev–Trinajstić information content (AvgIpc) is 2.60. The number of benzene rings is 1. The van der Waals surface area contributed by atoms with Crippen LogP contribution in [0.25, 0.3) is 0 Å². The highest BCUT2D eigenvalue weighted by atomic mass is 32.2. The Labute approximate surface area is 110 Å². The van der Waals surface area contributed by atoms with E-state index < -0.39 is 0 Å². The molecule has 0 bridgehead atoms. The summed E-state index contributed by atoms with van der Waals surface area (Å²) in [6.07, 6.45) is 0. The normalized spacial score (nSPS) is 12.7. The Kier molecular flexibility index (Phi) is 3.73. The molecule has 0 saturated heterocycles. The fraction of sp³-hybridized carbons (Fsp3) is 0.308. The number of nitrogens with two attached hydrogens (primary N) is 1. The SMILES string of the molecule is Cc1cc(Sc2c(F)cccc2[C@@H](C)N)n(C)n1. The summed E-state index contributed by atoms with van der Waals surface area (Å²) >= 11 is 1.36. The van der Waals surface area contributed by atoms with Crippen LogP contribution in [0, 0.1) is 12.7 Å². The van der Waals surface area contributed by atoms with Gasteiger partial charge < -0.3 is 5.73 Å². The van der Waals surface area contributed by atoms with Gasteiger partial charge >= 0.3 is 0 Å². The van der Waals surface area contributed by atoms with E-state index in [0.717, 1.165) is 16.3 Å². The Hall–Kier alpha value is -1.33. The molecule has 0 aliphatic heterocycles. The summed E-state index contributed by atoms with van der Waals surface area (Å²) in [7, 11) is 1.85. The molecule has 0 radical (unpaired) electrons. The molecule has 2 aromatic rings. The number of nitrogens with zero attached hydrogens (tertiary/aromatic N) is 2. The minimum Gasteiger partial charge on any atom is -0.324 e. The minimum atomic E-state index is -0.242. The van der Waals surface area contributed by atoms with Crippen LogP contribution in [0.4, 0.5) is 4.39 Å². The zero-order chi connectivity index (χ0) is 13.3. The lowest BCUT2D eigenvalue weighted by molar-refractivity contribution is 0.590. The lowest BCUT2D eigenvalue weighted by atomic mass is 10.1. The number of aryl methyl sites for hydroxylation is 2. The number of aromatic nitrogens is 2. The first-order valence-electron chi connectivity index (χ1n) is 5.71. The Balaban J connectivity index is 2.42. The van der Waals surface area contributed by atoms with Gasteiger partial charge in [-0.05, 0) is 31.5 Å². The second kappa shape index (κ2) is 5.12. The van der Waals surface area contributed by atoms with Crippen molar-refractivity contribution in [2.24, 2.45) is 12.8 Å². The zero-order valence-electron chi connectivity index (χ0n) is 10.6. The summed E-state index contributed by atoms with van der Waals surface area (Å²) in [5.41, 5.74) is 7.61. The highest BCUT2D eigenvalue weighted by molar-refractivity contribution is 7.99. The van der Waals surface area contributed by atoms with Gasteiger partial charge in [0.2, 0.25) is 0 Å². The van der Waals surface area contributed by atoms with Gasteiger partial charge in [0.25, 0.3) is 0 Å². The fourth-order valence-electron chi connectivity index (χ4n) is 1.78. The molecule has 18 heavy (non-hydrogen) atoms. The molecule has 1 heterocycles. The molecule has 0 unspecified atom stereocenters. The third-order valence-corrected chi connectivity index (χ3v) is 3.88. The summed E-state index contributed by atoms with van der Waals surface area (Å²) < 4.78 is 15.7. The maximum Gasteiger partial charge on any atom is 0.137 e. The van der Waals surface area contributed by atoms with Gasteiger partial charge in [0, 0.05) is 13.1 Å². The molecule has 2 rings (SSSR count). The summed E-state index contributed by atoms with van der Waals surface area (Å²) in [5, 5.41) is 5.16. The number of hydrogen-bond donors (Lipinski definition) is 1. The standard InChI is InChI=1S/C13H16FN3S/c1-8-7-12(17(3)16-8)18-13-10(9(2)15)5-4-6-11(13)14/h4-7,9H,15H2,1-3H3/t9-/m1/s1. The zero-order valence-corrected chi connectivity index (χ0v) is 11.5. The topological polar surface area (TPSA) is 43.8 Å². The number of halogens is 1. The molecule has 3 nitrogen and oxygen atoms in total. The Morgan fingerprint density at radius 1 is 1.44 bits per heavy atom. The van der Waals surface area contributed by atoms with Crippen molar-refractivity contribution in [3.8, 4) is 0 Å². The van der Waals surface area contributed by atoms with E-state index in [9.17, 15) is 4.39 Å². The van der Waals surface area contributed by atoms with Crippen LogP contribution in [0.1, 0.15) is 24.2 Å². The van der Waals surface area contributed by atoms with E-state index in [0.29, 0.717) is 4.90 Å². The molecule has 0 aliphatic rings. The van der Waals surface area contributed by atoms with Gasteiger partial charge in [0.1, 0.15) is 5.82 Å². The van der Waals surface area contributed by atoms with E-state index in [1.54, 1.807) is 10.7 Å². The first kappa shape index (κ1) is 13.1. The maximum absolute atomic E-state index is 13.9. The quantitative estimate of drug-likeness (QED) is 0.927. The molecule has 1 aromatic heterocycles. The summed E-state index contributed by atoms with van der Waals surface area (Å²) in [6.45, 7) is 3.77. The van der Waals surface area contributed by atoms with Gasteiger partial charge in [-0.25, -0.2) is 4.39 Å². The van der Waals surface area contributed by atoms with Crippen molar-refractivity contribution in [2.45, 2.75) is 29.8 Å². The molecule has 2 N–H and O–H groups in total. The molecule has 0 saturated carbocycles. The van der Waals surface area contributed by atoms with Crippen LogP contribution in [0.2, 0.25) is 0 Å². The van der Waals surface area contributed by atoms with Gasteiger partial charge in [-0.1, -0.05) is 23.9 Å². The summed E-state index contributed by atoms with van der Waals surface area (Å²) in [6, 6.07) is 6.74. The lowest BCUT2D eigenvalue weighted by Crippen LogP contribution is -2.07. The number of hydrogen-bond acceptors (Lipinski definition) is 3. The van der Waals surface area contributed by atoms with Crippen LogP contribution in [0.15, 0.2) is 34.2 Å². The summed E-state index contributed by atoms with van der Waals surface area (Å²) in [4.78, 5) is 0.579. The predicted octanol–water partition coefficient (Wildman–Crippen LogP) is 3.04. The molecule has 0 amide bonds. The van der Waals surface area contributed by atoms with Crippen molar-refractivity contribution in [2.75, 3.05) is 0 Å². The van der Waals surface area contributed by atoms with E-state index in [2.05, 4.69) is 5.10 Å². The van der Waals surface area contributed by atoms with Crippen molar-refractivity contribution >= 4 is 11.8 Å². The fourth-order valence-corrected chi connectivity index (χ4v) is 2.93. The molecule has 0 spiro atoms. The van der Waals surface area contributed by atoms with Crippen molar-refractivity contribution < 1.29 is 4.39 Å². The van der Waals surface area contributed by atoms with Gasteiger partial charge in [0.15, 0.2) is 0 Å². The first-order valence-corrected chi connectivity index (χ1v) is 6.53. The van der Waals surface area contributed by atoms with E-state index >= 15 is 0 Å². The van der Waals surface area contributed by atoms with Gasteiger partial charge in [0.05, 0.1) is 15.6 Å². The summed E-state index contributed by atoms with van der Waals surface area (Å²) in [5.74, 6) is -0.242. The first-order chi connectivity index (χ1) is 8.49. The van der Waals surface area contributed by atoms with E-state index in [1.807, 2.05) is 33.0 Å². The van der Waals surface area contributed by atoms with Crippen LogP contribution in [-0.2, 0) is 7.05 Å². The molecule has 1 aromatic carbocycles. The van der Waals surface area contributed by atoms with Crippen LogP contribution < -0.4 is 5.73 Å². The smallest absolute Gasteiger partial charge is 0.137 e. The van der Waals surface area contributed by atoms with Crippen molar-refractivity contribution in [1.82, 2.24) is 9.78 Å². The second-order valence-electron chi connectivity index (χ2n) is 4.30. The van der Waals surface area contributed by atoms with Crippen LogP contribution in [0.5, 0.6) is 0 Å². The molecular weight excluding hydrogens is 249 g/mol. The third-order valence-electron chi connectivity index (χ3n) is 2.65. The largest absolute Gasteiger partial charge is 0.324 e. The van der Waals surface area contributed by atoms with Gasteiger partial charge in [-0.3, -0.25) is 4.68 Å². The Bertz CT molecular complexity index is 563. The van der Waals surface area contributed by atoms with Crippen molar-refractivity contribution in [3.63, 3.8) is 0 Å². The third kappa shape index (κ3) is 2.57. The molecule has 0 aliphatic carbocycles. The van der Waals surface area contributed by atoms with Crippen LogP contribution in [0.3, 0.4) is 0 Å². The lowest BCUT2D eigenvalue weighted by Gasteiger charge is -2.12. The predicted molar refractivity (Wildman–Crippen MR) is 71.1 cm³/mol. The molecular formula is C13H16FN3S. The van der Waals surface area contributed by atoms with E-state index in [-0.39, 0.29) is 11.9 Å². The van der Waals surface area contributed by atoms with Crippen molar-refractivity contribution in [3.05, 3.63) is 41.3 Å². The molecule has 1 atom stereocenters. The second-order valence-corrected chi connectivity index (χ2v) is 5.33. The highest BCUT2D eigenvalue weighted by Crippen LogP contribution is 2.34. The highest BCUT2D eigenvalue weighted by Gasteiger charge is 2.15. The molecule has 96 valence electrons. The van der Waals surface area contributed by atoms with Crippen molar-refractivity contribution in [1.29, 1.82) is 0 Å². The van der Waals surface area contributed by atoms with Crippen LogP contribution >= 0.6 is 11.8 Å². The maximum atomic E-state index is 13.9. The molecule has 0 fully saturated rings. The van der Waals surface area contributed by atoms with Gasteiger partial charge in [-0.2, -0.15) is 5.10 Å². The Morgan fingerprint density at radius 3 is 2.72 bits per heavy atom. The Morgan fingerprint density at radius 2 is 2.17 bits per heavy atom. The minimum absolute atomic E-state index is 0.197. The monoisotopic (exact) mass is 265 g/mol. The van der Waals surface area contributed by atoms with E-state index in [1.165, 1.54) is 17.8 Å².